The van der Waals surface area contributed by atoms with Gasteiger partial charge in [-0.3, -0.25) is 4.79 Å². The number of nitrogens with one attached hydrogen (secondary N) is 2. The average Bonchev–Trinajstić information content (AvgIpc) is 2.64. The van der Waals surface area contributed by atoms with Crippen molar-refractivity contribution in [2.75, 3.05) is 50.1 Å². The zero-order valence-corrected chi connectivity index (χ0v) is 16.0. The SMILES string of the molecule is CCOc1ccc(C(=O)Nc2ccc(N3CC[NH+](C)CC3)c(Cl)c2)cc1. The molecule has 0 unspecified atom stereocenters. The maximum Gasteiger partial charge on any atom is 0.255 e. The molecule has 3 rings (SSSR count). The van der Waals surface area contributed by atoms with Crippen LogP contribution in [0.5, 0.6) is 5.75 Å². The van der Waals surface area contributed by atoms with Crippen LogP contribution in [0.3, 0.4) is 0 Å². The smallest absolute Gasteiger partial charge is 0.255 e. The number of anilines is 2. The highest BCUT2D eigenvalue weighted by molar-refractivity contribution is 6.33. The predicted octanol–water partition coefficient (Wildman–Crippen LogP) is 2.33. The Kier molecular flexibility index (Phi) is 6.01. The number of quaternary nitrogens is 1. The average molecular weight is 375 g/mol. The summed E-state index contributed by atoms with van der Waals surface area (Å²) in [7, 11) is 2.21. The minimum Gasteiger partial charge on any atom is -0.494 e. The lowest BCUT2D eigenvalue weighted by atomic mass is 10.2. The largest absolute Gasteiger partial charge is 0.494 e. The molecule has 0 bridgehead atoms. The molecule has 6 heteroatoms. The highest BCUT2D eigenvalue weighted by Gasteiger charge is 2.19. The molecule has 26 heavy (non-hydrogen) atoms. The Hall–Kier alpha value is -2.24. The Bertz CT molecular complexity index is 756. The normalized spacial score (nSPS) is 15.0. The van der Waals surface area contributed by atoms with Crippen molar-refractivity contribution in [2.24, 2.45) is 0 Å². The van der Waals surface area contributed by atoms with Gasteiger partial charge in [-0.2, -0.15) is 0 Å². The van der Waals surface area contributed by atoms with E-state index in [4.69, 9.17) is 16.3 Å². The molecule has 1 aliphatic rings. The van der Waals surface area contributed by atoms with Gasteiger partial charge in [-0.1, -0.05) is 11.6 Å². The Labute approximate surface area is 159 Å². The first-order chi connectivity index (χ1) is 12.6. The van der Waals surface area contributed by atoms with E-state index in [1.165, 1.54) is 4.90 Å². The topological polar surface area (TPSA) is 46.0 Å². The van der Waals surface area contributed by atoms with Crippen molar-refractivity contribution in [2.45, 2.75) is 6.92 Å². The molecule has 2 aromatic carbocycles. The summed E-state index contributed by atoms with van der Waals surface area (Å²) in [6.07, 6.45) is 0. The van der Waals surface area contributed by atoms with Crippen molar-refractivity contribution >= 4 is 28.9 Å². The van der Waals surface area contributed by atoms with Gasteiger partial charge in [0.2, 0.25) is 0 Å². The van der Waals surface area contributed by atoms with Crippen molar-refractivity contribution in [1.82, 2.24) is 0 Å². The highest BCUT2D eigenvalue weighted by atomic mass is 35.5. The third kappa shape index (κ3) is 4.48. The number of amides is 1. The number of carbonyl (C=O) groups excluding carboxylic acids is 1. The monoisotopic (exact) mass is 374 g/mol. The van der Waals surface area contributed by atoms with E-state index in [0.29, 0.717) is 22.9 Å². The summed E-state index contributed by atoms with van der Waals surface area (Å²) >= 11 is 6.47. The van der Waals surface area contributed by atoms with Crippen LogP contribution < -0.4 is 19.9 Å². The lowest BCUT2D eigenvalue weighted by Crippen LogP contribution is -3.12. The Balaban J connectivity index is 1.66. The number of ether oxygens (including phenoxy) is 1. The summed E-state index contributed by atoms with van der Waals surface area (Å²) in [4.78, 5) is 16.2. The number of benzene rings is 2. The number of halogens is 1. The summed E-state index contributed by atoms with van der Waals surface area (Å²) in [5.74, 6) is 0.588. The van der Waals surface area contributed by atoms with Crippen LogP contribution in [-0.2, 0) is 0 Å². The van der Waals surface area contributed by atoms with Gasteiger partial charge in [0.1, 0.15) is 5.75 Å². The number of hydrogen-bond acceptors (Lipinski definition) is 3. The van der Waals surface area contributed by atoms with Gasteiger partial charge in [0, 0.05) is 11.3 Å². The van der Waals surface area contributed by atoms with Gasteiger partial charge in [-0.25, -0.2) is 0 Å². The highest BCUT2D eigenvalue weighted by Crippen LogP contribution is 2.29. The molecule has 2 N–H and O–H groups in total. The molecule has 1 aliphatic heterocycles. The van der Waals surface area contributed by atoms with Gasteiger partial charge in [0.15, 0.2) is 0 Å². The molecule has 1 saturated heterocycles. The van der Waals surface area contributed by atoms with Gasteiger partial charge in [-0.05, 0) is 49.4 Å². The van der Waals surface area contributed by atoms with E-state index in [2.05, 4.69) is 17.3 Å². The first kappa shape index (κ1) is 18.5. The molecule has 1 heterocycles. The summed E-state index contributed by atoms with van der Waals surface area (Å²) in [5.41, 5.74) is 2.30. The maximum atomic E-state index is 12.4. The first-order valence-corrected chi connectivity index (χ1v) is 9.34. The van der Waals surface area contributed by atoms with Gasteiger partial charge in [-0.15, -0.1) is 0 Å². The van der Waals surface area contributed by atoms with Gasteiger partial charge in [0.25, 0.3) is 5.91 Å². The summed E-state index contributed by atoms with van der Waals surface area (Å²) in [6, 6.07) is 12.8. The van der Waals surface area contributed by atoms with Crippen LogP contribution in [0.1, 0.15) is 17.3 Å². The van der Waals surface area contributed by atoms with E-state index in [9.17, 15) is 4.79 Å². The molecule has 0 saturated carbocycles. The van der Waals surface area contributed by atoms with Crippen molar-refractivity contribution < 1.29 is 14.4 Å². The van der Waals surface area contributed by atoms with E-state index >= 15 is 0 Å². The summed E-state index contributed by atoms with van der Waals surface area (Å²) in [6.45, 7) is 6.72. The molecule has 0 radical (unpaired) electrons. The zero-order chi connectivity index (χ0) is 18.5. The molecule has 138 valence electrons. The summed E-state index contributed by atoms with van der Waals surface area (Å²) in [5, 5.41) is 3.56. The molecule has 0 atom stereocenters. The molecule has 2 aromatic rings. The fourth-order valence-electron chi connectivity index (χ4n) is 3.04. The second-order valence-electron chi connectivity index (χ2n) is 6.52. The molecule has 0 aromatic heterocycles. The molecule has 0 aliphatic carbocycles. The minimum atomic E-state index is -0.167. The molecule has 5 nitrogen and oxygen atoms in total. The maximum absolute atomic E-state index is 12.4. The standard InChI is InChI=1S/C20H24ClN3O2/c1-3-26-17-7-4-15(5-8-17)20(25)22-16-6-9-19(18(21)14-16)24-12-10-23(2)11-13-24/h4-9,14H,3,10-13H2,1-2H3,(H,22,25)/p+1. The quantitative estimate of drug-likeness (QED) is 0.844. The Morgan fingerprint density at radius 1 is 1.19 bits per heavy atom. The number of hydrogen-bond donors (Lipinski definition) is 2. The van der Waals surface area contributed by atoms with E-state index in [0.717, 1.165) is 37.6 Å². The first-order valence-electron chi connectivity index (χ1n) is 8.97. The lowest BCUT2D eigenvalue weighted by Gasteiger charge is -2.32. The van der Waals surface area contributed by atoms with Gasteiger partial charge in [0.05, 0.1) is 50.5 Å². The van der Waals surface area contributed by atoms with Crippen LogP contribution in [0.4, 0.5) is 11.4 Å². The number of rotatable bonds is 5. The van der Waals surface area contributed by atoms with Crippen LogP contribution >= 0.6 is 11.6 Å². The van der Waals surface area contributed by atoms with Crippen molar-refractivity contribution in [3.05, 3.63) is 53.1 Å². The lowest BCUT2D eigenvalue weighted by molar-refractivity contribution is -0.880. The molecule has 1 amide bonds. The molecule has 0 spiro atoms. The van der Waals surface area contributed by atoms with Crippen molar-refractivity contribution in [3.8, 4) is 5.75 Å². The van der Waals surface area contributed by atoms with Crippen LogP contribution in [-0.4, -0.2) is 45.7 Å². The van der Waals surface area contributed by atoms with Crippen LogP contribution in [0.2, 0.25) is 5.02 Å². The fourth-order valence-corrected chi connectivity index (χ4v) is 3.34. The predicted molar refractivity (Wildman–Crippen MR) is 106 cm³/mol. The summed E-state index contributed by atoms with van der Waals surface area (Å²) < 4.78 is 5.40. The molecule has 1 fully saturated rings. The minimum absolute atomic E-state index is 0.167. The van der Waals surface area contributed by atoms with Crippen molar-refractivity contribution in [3.63, 3.8) is 0 Å². The third-order valence-electron chi connectivity index (χ3n) is 4.59. The van der Waals surface area contributed by atoms with E-state index in [1.807, 2.05) is 25.1 Å². The second kappa shape index (κ2) is 8.43. The molecular formula is C20H25ClN3O2+. The van der Waals surface area contributed by atoms with Crippen molar-refractivity contribution in [1.29, 1.82) is 0 Å². The number of likely N-dealkylation sites (N-methyl/N-ethyl adjacent to an activating group) is 1. The van der Waals surface area contributed by atoms with E-state index in [1.54, 1.807) is 24.3 Å². The van der Waals surface area contributed by atoms with Crippen LogP contribution in [0, 0.1) is 0 Å². The van der Waals surface area contributed by atoms with Gasteiger partial charge >= 0.3 is 0 Å². The van der Waals surface area contributed by atoms with Gasteiger partial charge < -0.3 is 19.9 Å². The van der Waals surface area contributed by atoms with E-state index < -0.39 is 0 Å². The third-order valence-corrected chi connectivity index (χ3v) is 4.89. The van der Waals surface area contributed by atoms with E-state index in [-0.39, 0.29) is 5.91 Å². The second-order valence-corrected chi connectivity index (χ2v) is 6.93. The zero-order valence-electron chi connectivity index (χ0n) is 15.2. The van der Waals surface area contributed by atoms with Crippen LogP contribution in [0.25, 0.3) is 0 Å². The molecular weight excluding hydrogens is 350 g/mol. The number of nitrogens with zero attached hydrogens (tertiary/aromatic N) is 1. The van der Waals surface area contributed by atoms with Crippen LogP contribution in [0.15, 0.2) is 42.5 Å². The Morgan fingerprint density at radius 2 is 1.88 bits per heavy atom. The fraction of sp³-hybridized carbons (Fsp3) is 0.350. The number of carbonyl (C=O) groups is 1. The number of piperazine rings is 1. The Morgan fingerprint density at radius 3 is 2.50 bits per heavy atom.